The highest BCUT2D eigenvalue weighted by molar-refractivity contribution is 5.73. The quantitative estimate of drug-likeness (QED) is 0.755. The van der Waals surface area contributed by atoms with E-state index in [1.165, 1.54) is 16.0 Å². The number of fused-ring (bicyclic) bond motifs is 2. The Labute approximate surface area is 177 Å². The molecule has 3 unspecified atom stereocenters. The van der Waals surface area contributed by atoms with Crippen molar-refractivity contribution in [3.63, 3.8) is 0 Å². The fraction of sp³-hybridized carbons (Fsp3) is 0.458. The minimum absolute atomic E-state index is 0.0454. The van der Waals surface area contributed by atoms with Gasteiger partial charge in [0.15, 0.2) is 0 Å². The van der Waals surface area contributed by atoms with Crippen LogP contribution in [0.1, 0.15) is 31.9 Å². The van der Waals surface area contributed by atoms with Crippen LogP contribution in [0, 0.1) is 0 Å². The van der Waals surface area contributed by atoms with E-state index in [0.29, 0.717) is 0 Å². The minimum atomic E-state index is -1.06. The Balaban J connectivity index is 1.75. The number of carbonyl (C=O) groups excluding carboxylic acids is 1. The second-order valence-corrected chi connectivity index (χ2v) is 9.14. The number of aliphatic hydroxyl groups is 2. The van der Waals surface area contributed by atoms with Crippen LogP contribution in [0.5, 0.6) is 0 Å². The number of ether oxygens (including phenoxy) is 1. The maximum absolute atomic E-state index is 12.7. The normalized spacial score (nSPS) is 24.0. The van der Waals surface area contributed by atoms with Crippen LogP contribution in [0.2, 0.25) is 0 Å². The van der Waals surface area contributed by atoms with E-state index in [4.69, 9.17) is 4.74 Å². The van der Waals surface area contributed by atoms with Crippen LogP contribution >= 0.6 is 0 Å². The lowest BCUT2D eigenvalue weighted by Gasteiger charge is -2.45. The minimum Gasteiger partial charge on any atom is -0.444 e. The summed E-state index contributed by atoms with van der Waals surface area (Å²) in [6.45, 7) is 5.76. The molecule has 2 aromatic carbocycles. The molecule has 0 saturated carbocycles. The van der Waals surface area contributed by atoms with Crippen molar-refractivity contribution in [3.8, 4) is 0 Å². The number of likely N-dealkylation sites (tertiary alicyclic amines) is 1. The lowest BCUT2D eigenvalue weighted by Crippen LogP contribution is -2.62. The number of anilines is 2. The zero-order valence-electron chi connectivity index (χ0n) is 17.8. The third-order valence-electron chi connectivity index (χ3n) is 5.75. The monoisotopic (exact) mass is 410 g/mol. The fourth-order valence-electron chi connectivity index (χ4n) is 4.38. The van der Waals surface area contributed by atoms with Crippen molar-refractivity contribution in [2.45, 2.75) is 57.5 Å². The predicted octanol–water partition coefficient (Wildman–Crippen LogP) is 3.26. The van der Waals surface area contributed by atoms with Gasteiger partial charge in [0.1, 0.15) is 11.7 Å². The number of hydrogen-bond donors (Lipinski definition) is 2. The van der Waals surface area contributed by atoms with Gasteiger partial charge in [0.2, 0.25) is 0 Å². The average Bonchev–Trinajstić information content (AvgIpc) is 2.86. The first kappa shape index (κ1) is 20.7. The van der Waals surface area contributed by atoms with Crippen molar-refractivity contribution in [2.75, 3.05) is 18.0 Å². The molecule has 6 nitrogen and oxygen atoms in total. The maximum atomic E-state index is 12.7. The zero-order valence-corrected chi connectivity index (χ0v) is 17.8. The largest absolute Gasteiger partial charge is 0.444 e. The van der Waals surface area contributed by atoms with Crippen molar-refractivity contribution >= 4 is 17.5 Å². The molecule has 1 amide bonds. The summed E-state index contributed by atoms with van der Waals surface area (Å²) in [5.41, 5.74) is 3.75. The van der Waals surface area contributed by atoms with Gasteiger partial charge in [-0.05, 0) is 56.9 Å². The van der Waals surface area contributed by atoms with Gasteiger partial charge in [0.05, 0.1) is 18.7 Å². The van der Waals surface area contributed by atoms with Crippen molar-refractivity contribution in [1.29, 1.82) is 0 Å². The SMILES string of the molecule is CC(C)(C)OC(=O)N1CC(O)C(O)C(N2c3ccccc3CCc3ccccc32)C1. The van der Waals surface area contributed by atoms with E-state index in [1.807, 2.05) is 57.2 Å². The molecule has 2 aromatic rings. The van der Waals surface area contributed by atoms with Gasteiger partial charge in [-0.3, -0.25) is 0 Å². The van der Waals surface area contributed by atoms with Gasteiger partial charge < -0.3 is 24.7 Å². The molecule has 1 saturated heterocycles. The molecule has 0 bridgehead atoms. The van der Waals surface area contributed by atoms with Crippen LogP contribution in [-0.4, -0.2) is 58.1 Å². The Morgan fingerprint density at radius 1 is 0.933 bits per heavy atom. The number of rotatable bonds is 1. The molecule has 160 valence electrons. The summed E-state index contributed by atoms with van der Waals surface area (Å²) >= 11 is 0. The van der Waals surface area contributed by atoms with Crippen LogP contribution in [0.4, 0.5) is 16.2 Å². The van der Waals surface area contributed by atoms with E-state index in [1.54, 1.807) is 0 Å². The summed E-state index contributed by atoms with van der Waals surface area (Å²) in [7, 11) is 0. The Hall–Kier alpha value is -2.57. The number of aryl methyl sites for hydroxylation is 2. The van der Waals surface area contributed by atoms with Crippen LogP contribution < -0.4 is 4.90 Å². The number of carbonyl (C=O) groups is 1. The summed E-state index contributed by atoms with van der Waals surface area (Å²) in [5.74, 6) is 0. The third-order valence-corrected chi connectivity index (χ3v) is 5.75. The van der Waals surface area contributed by atoms with Gasteiger partial charge in [-0.2, -0.15) is 0 Å². The van der Waals surface area contributed by atoms with Crippen molar-refractivity contribution in [1.82, 2.24) is 4.90 Å². The highest BCUT2D eigenvalue weighted by Gasteiger charge is 2.42. The highest BCUT2D eigenvalue weighted by Crippen LogP contribution is 2.39. The summed E-state index contributed by atoms with van der Waals surface area (Å²) in [4.78, 5) is 16.3. The zero-order chi connectivity index (χ0) is 21.5. The van der Waals surface area contributed by atoms with Gasteiger partial charge in [-0.15, -0.1) is 0 Å². The second-order valence-electron chi connectivity index (χ2n) is 9.14. The topological polar surface area (TPSA) is 73.2 Å². The highest BCUT2D eigenvalue weighted by atomic mass is 16.6. The Morgan fingerprint density at radius 2 is 1.47 bits per heavy atom. The molecule has 2 aliphatic heterocycles. The molecule has 2 heterocycles. The molecule has 30 heavy (non-hydrogen) atoms. The molecule has 4 rings (SSSR count). The molecule has 0 radical (unpaired) electrons. The summed E-state index contributed by atoms with van der Waals surface area (Å²) in [6.07, 6.45) is -0.744. The Morgan fingerprint density at radius 3 is 2.00 bits per heavy atom. The molecule has 0 spiro atoms. The van der Waals surface area contributed by atoms with Crippen molar-refractivity contribution in [2.24, 2.45) is 0 Å². The van der Waals surface area contributed by atoms with Crippen LogP contribution in [-0.2, 0) is 17.6 Å². The molecule has 1 fully saturated rings. The van der Waals surface area contributed by atoms with Gasteiger partial charge in [0, 0.05) is 17.9 Å². The lowest BCUT2D eigenvalue weighted by atomic mass is 9.96. The number of para-hydroxylation sites is 2. The van der Waals surface area contributed by atoms with Gasteiger partial charge in [-0.1, -0.05) is 36.4 Å². The summed E-state index contributed by atoms with van der Waals surface area (Å²) < 4.78 is 5.54. The van der Waals surface area contributed by atoms with Gasteiger partial charge in [0.25, 0.3) is 0 Å². The van der Waals surface area contributed by atoms with Crippen LogP contribution in [0.25, 0.3) is 0 Å². The Bertz CT molecular complexity index is 876. The molecule has 0 aliphatic carbocycles. The average molecular weight is 411 g/mol. The number of hydrogen-bond acceptors (Lipinski definition) is 5. The lowest BCUT2D eigenvalue weighted by molar-refractivity contribution is -0.0562. The molecule has 0 aromatic heterocycles. The first-order valence-corrected chi connectivity index (χ1v) is 10.5. The van der Waals surface area contributed by atoms with Gasteiger partial charge >= 0.3 is 6.09 Å². The second kappa shape index (κ2) is 7.93. The number of amides is 1. The van der Waals surface area contributed by atoms with E-state index < -0.39 is 29.9 Å². The van der Waals surface area contributed by atoms with E-state index >= 15 is 0 Å². The van der Waals surface area contributed by atoms with E-state index in [2.05, 4.69) is 17.0 Å². The van der Waals surface area contributed by atoms with E-state index in [9.17, 15) is 15.0 Å². The maximum Gasteiger partial charge on any atom is 0.410 e. The number of aliphatic hydroxyl groups excluding tert-OH is 2. The first-order valence-electron chi connectivity index (χ1n) is 10.5. The first-order chi connectivity index (χ1) is 14.2. The number of benzene rings is 2. The van der Waals surface area contributed by atoms with Gasteiger partial charge in [-0.25, -0.2) is 4.79 Å². The molecule has 3 atom stereocenters. The molecular weight excluding hydrogens is 380 g/mol. The van der Waals surface area contributed by atoms with Crippen molar-refractivity contribution < 1.29 is 19.7 Å². The van der Waals surface area contributed by atoms with Crippen LogP contribution in [0.15, 0.2) is 48.5 Å². The van der Waals surface area contributed by atoms with Crippen LogP contribution in [0.3, 0.4) is 0 Å². The molecule has 2 aliphatic rings. The summed E-state index contributed by atoms with van der Waals surface area (Å²) in [6, 6.07) is 15.8. The Kier molecular flexibility index (Phi) is 5.47. The molecule has 2 N–H and O–H groups in total. The fourth-order valence-corrected chi connectivity index (χ4v) is 4.38. The molecular formula is C24H30N2O4. The molecule has 6 heteroatoms. The number of β-amino-alcohol motifs (C(OH)–C–C–N with tert-alkyl or cyclic N) is 1. The smallest absolute Gasteiger partial charge is 0.410 e. The predicted molar refractivity (Wildman–Crippen MR) is 116 cm³/mol. The van der Waals surface area contributed by atoms with E-state index in [-0.39, 0.29) is 13.1 Å². The standard InChI is InChI=1S/C24H30N2O4/c1-24(2,3)30-23(29)25-14-20(22(28)21(27)15-25)26-18-10-6-4-8-16(18)12-13-17-9-5-7-11-19(17)26/h4-11,20-22,27-28H,12-15H2,1-3H3. The third kappa shape index (κ3) is 4.02. The van der Waals surface area contributed by atoms with Crippen molar-refractivity contribution in [3.05, 3.63) is 59.7 Å². The number of nitrogens with zero attached hydrogens (tertiary/aromatic N) is 2. The number of piperidine rings is 1. The summed E-state index contributed by atoms with van der Waals surface area (Å²) in [5, 5.41) is 21.6. The van der Waals surface area contributed by atoms with E-state index in [0.717, 1.165) is 24.2 Å².